The second-order valence-electron chi connectivity index (χ2n) is 5.64. The van der Waals surface area contributed by atoms with E-state index in [2.05, 4.69) is 0 Å². The number of ether oxygens (including phenoxy) is 2. The summed E-state index contributed by atoms with van der Waals surface area (Å²) in [5, 5.41) is 10.7. The van der Waals surface area contributed by atoms with Crippen LogP contribution >= 0.6 is 0 Å². The zero-order chi connectivity index (χ0) is 18.6. The van der Waals surface area contributed by atoms with E-state index in [0.29, 0.717) is 6.42 Å². The maximum Gasteiger partial charge on any atom is 0.339 e. The van der Waals surface area contributed by atoms with Crippen LogP contribution in [0.5, 0.6) is 0 Å². The third kappa shape index (κ3) is 3.90. The second-order valence-corrected chi connectivity index (χ2v) is 5.64. The smallest absolute Gasteiger partial charge is 0.339 e. The maximum absolute atomic E-state index is 12.4. The maximum atomic E-state index is 12.4. The first kappa shape index (κ1) is 18.3. The number of allylic oxidation sites excluding steroid dienone is 1. The number of ketones is 1. The van der Waals surface area contributed by atoms with Crippen LogP contribution in [0.15, 0.2) is 36.4 Å². The monoisotopic (exact) mass is 347 g/mol. The summed E-state index contributed by atoms with van der Waals surface area (Å²) in [4.78, 5) is 46.1. The summed E-state index contributed by atoms with van der Waals surface area (Å²) in [6.45, 7) is 2.46. The van der Waals surface area contributed by atoms with Gasteiger partial charge in [-0.3, -0.25) is 19.7 Å². The van der Waals surface area contributed by atoms with Crippen molar-refractivity contribution in [3.05, 3.63) is 52.1 Å². The number of nitro groups is 1. The molecule has 0 aliphatic heterocycles. The van der Waals surface area contributed by atoms with Crippen molar-refractivity contribution < 1.29 is 28.8 Å². The van der Waals surface area contributed by atoms with Crippen LogP contribution in [0.25, 0.3) is 0 Å². The molecule has 132 valence electrons. The second kappa shape index (κ2) is 7.25. The van der Waals surface area contributed by atoms with Crippen molar-refractivity contribution in [1.82, 2.24) is 0 Å². The number of hydrogen-bond acceptors (Lipinski definition) is 7. The topological polar surface area (TPSA) is 113 Å². The molecule has 25 heavy (non-hydrogen) atoms. The molecule has 0 bridgehead atoms. The SMILES string of the molecule is CC(=O)O[C@@H]1C=CCC[C@]1(OC(=O)c1ccc([N+](=O)[O-])cc1)C(C)=O. The van der Waals surface area contributed by atoms with E-state index < -0.39 is 34.4 Å². The van der Waals surface area contributed by atoms with Gasteiger partial charge < -0.3 is 9.47 Å². The molecule has 0 N–H and O–H groups in total. The summed E-state index contributed by atoms with van der Waals surface area (Å²) in [7, 11) is 0. The van der Waals surface area contributed by atoms with Gasteiger partial charge >= 0.3 is 11.9 Å². The highest BCUT2D eigenvalue weighted by Gasteiger charge is 2.49. The number of non-ortho nitro benzene ring substituents is 1. The zero-order valence-corrected chi connectivity index (χ0v) is 13.8. The summed E-state index contributed by atoms with van der Waals surface area (Å²) in [5.41, 5.74) is -1.72. The number of carbonyl (C=O) groups excluding carboxylic acids is 3. The minimum atomic E-state index is -1.61. The van der Waals surface area contributed by atoms with Crippen LogP contribution < -0.4 is 0 Å². The van der Waals surface area contributed by atoms with E-state index in [-0.39, 0.29) is 17.7 Å². The predicted octanol–water partition coefficient (Wildman–Crippen LogP) is 2.36. The number of esters is 2. The largest absolute Gasteiger partial charge is 0.453 e. The molecule has 0 fully saturated rings. The van der Waals surface area contributed by atoms with Crippen LogP contribution in [0.1, 0.15) is 37.0 Å². The minimum Gasteiger partial charge on any atom is -0.453 e. The molecular formula is C17H17NO7. The molecule has 0 saturated heterocycles. The fourth-order valence-corrected chi connectivity index (χ4v) is 2.63. The van der Waals surface area contributed by atoms with Crippen LogP contribution in [0.3, 0.4) is 0 Å². The molecule has 0 spiro atoms. The lowest BCUT2D eigenvalue weighted by molar-refractivity contribution is -0.384. The van der Waals surface area contributed by atoms with Gasteiger partial charge in [0.1, 0.15) is 0 Å². The average Bonchev–Trinajstić information content (AvgIpc) is 2.56. The predicted molar refractivity (Wildman–Crippen MR) is 85.9 cm³/mol. The molecule has 2 atom stereocenters. The molecule has 1 aromatic rings. The number of nitrogens with zero attached hydrogens (tertiary/aromatic N) is 1. The Morgan fingerprint density at radius 3 is 2.36 bits per heavy atom. The van der Waals surface area contributed by atoms with Crippen LogP contribution in [0, 0.1) is 10.1 Å². The van der Waals surface area contributed by atoms with Crippen molar-refractivity contribution in [2.24, 2.45) is 0 Å². The number of benzene rings is 1. The summed E-state index contributed by atoms with van der Waals surface area (Å²) in [5.74, 6) is -1.87. The molecule has 1 aliphatic carbocycles. The summed E-state index contributed by atoms with van der Waals surface area (Å²) >= 11 is 0. The van der Waals surface area contributed by atoms with Gasteiger partial charge in [-0.1, -0.05) is 6.08 Å². The molecule has 0 radical (unpaired) electrons. The molecule has 1 aliphatic rings. The van der Waals surface area contributed by atoms with Crippen molar-refractivity contribution >= 4 is 23.4 Å². The van der Waals surface area contributed by atoms with Crippen LogP contribution in [0.4, 0.5) is 5.69 Å². The van der Waals surface area contributed by atoms with Crippen molar-refractivity contribution in [3.8, 4) is 0 Å². The number of rotatable bonds is 5. The molecule has 0 unspecified atom stereocenters. The van der Waals surface area contributed by atoms with E-state index in [1.807, 2.05) is 0 Å². The van der Waals surface area contributed by atoms with E-state index in [9.17, 15) is 24.5 Å². The Hall–Kier alpha value is -3.03. The van der Waals surface area contributed by atoms with Gasteiger partial charge in [0.15, 0.2) is 11.9 Å². The van der Waals surface area contributed by atoms with Crippen molar-refractivity contribution in [2.45, 2.75) is 38.4 Å². The Balaban J connectivity index is 2.29. The van der Waals surface area contributed by atoms with Gasteiger partial charge in [-0.2, -0.15) is 0 Å². The standard InChI is InChI=1S/C17H17NO7/c1-11(19)17(10-4-3-5-15(17)24-12(2)20)25-16(21)13-6-8-14(9-7-13)18(22)23/h3,5-9,15H,4,10H2,1-2H3/t15-,17+/m1/s1. The lowest BCUT2D eigenvalue weighted by Crippen LogP contribution is -2.54. The molecular weight excluding hydrogens is 330 g/mol. The van der Waals surface area contributed by atoms with E-state index in [0.717, 1.165) is 0 Å². The van der Waals surface area contributed by atoms with Gasteiger partial charge in [0.25, 0.3) is 5.69 Å². The Morgan fingerprint density at radius 1 is 1.20 bits per heavy atom. The molecule has 0 heterocycles. The quantitative estimate of drug-likeness (QED) is 0.348. The Bertz CT molecular complexity index is 738. The fourth-order valence-electron chi connectivity index (χ4n) is 2.63. The molecule has 8 heteroatoms. The van der Waals surface area contributed by atoms with Crippen LogP contribution in [0.2, 0.25) is 0 Å². The van der Waals surface area contributed by atoms with Gasteiger partial charge in [0.2, 0.25) is 5.60 Å². The van der Waals surface area contributed by atoms with Gasteiger partial charge in [0, 0.05) is 25.5 Å². The Labute approximate surface area is 143 Å². The summed E-state index contributed by atoms with van der Waals surface area (Å²) < 4.78 is 10.6. The van der Waals surface area contributed by atoms with Crippen molar-refractivity contribution in [3.63, 3.8) is 0 Å². The minimum absolute atomic E-state index is 0.0577. The number of Topliss-reactive ketones (excluding diaryl/α,β-unsaturated/α-hetero) is 1. The first-order valence-electron chi connectivity index (χ1n) is 7.59. The third-order valence-electron chi connectivity index (χ3n) is 3.93. The normalized spacial score (nSPS) is 22.1. The molecule has 0 aromatic heterocycles. The molecule has 0 saturated carbocycles. The van der Waals surface area contributed by atoms with Crippen LogP contribution in [-0.4, -0.2) is 34.4 Å². The highest BCUT2D eigenvalue weighted by atomic mass is 16.6. The third-order valence-corrected chi connectivity index (χ3v) is 3.93. The Kier molecular flexibility index (Phi) is 5.31. The summed E-state index contributed by atoms with van der Waals surface area (Å²) in [6.07, 6.45) is 2.91. The van der Waals surface area contributed by atoms with Crippen molar-refractivity contribution in [2.75, 3.05) is 0 Å². The molecule has 2 rings (SSSR count). The highest BCUT2D eigenvalue weighted by Crippen LogP contribution is 2.32. The van der Waals surface area contributed by atoms with Crippen molar-refractivity contribution in [1.29, 1.82) is 0 Å². The van der Waals surface area contributed by atoms with Gasteiger partial charge in [-0.05, 0) is 31.6 Å². The molecule has 0 amide bonds. The number of hydrogen-bond donors (Lipinski definition) is 0. The van der Waals surface area contributed by atoms with Gasteiger partial charge in [-0.15, -0.1) is 0 Å². The molecule has 1 aromatic carbocycles. The lowest BCUT2D eigenvalue weighted by atomic mass is 9.83. The first-order chi connectivity index (χ1) is 11.8. The van der Waals surface area contributed by atoms with Gasteiger partial charge in [-0.25, -0.2) is 4.79 Å². The zero-order valence-electron chi connectivity index (χ0n) is 13.8. The number of nitro benzene ring substituents is 1. The van der Waals surface area contributed by atoms with E-state index in [1.165, 1.54) is 44.2 Å². The number of carbonyl (C=O) groups is 3. The fraction of sp³-hybridized carbons (Fsp3) is 0.353. The molecule has 8 nitrogen and oxygen atoms in total. The Morgan fingerprint density at radius 2 is 1.84 bits per heavy atom. The van der Waals surface area contributed by atoms with Crippen LogP contribution in [-0.2, 0) is 19.1 Å². The van der Waals surface area contributed by atoms with E-state index in [1.54, 1.807) is 6.08 Å². The average molecular weight is 347 g/mol. The van der Waals surface area contributed by atoms with Gasteiger partial charge in [0.05, 0.1) is 10.5 Å². The first-order valence-corrected chi connectivity index (χ1v) is 7.59. The highest BCUT2D eigenvalue weighted by molar-refractivity contribution is 5.95. The lowest BCUT2D eigenvalue weighted by Gasteiger charge is -2.37. The summed E-state index contributed by atoms with van der Waals surface area (Å²) in [6, 6.07) is 4.82. The van der Waals surface area contributed by atoms with E-state index in [4.69, 9.17) is 9.47 Å². The van der Waals surface area contributed by atoms with E-state index >= 15 is 0 Å².